The number of hydrogen-bond donors (Lipinski definition) is 5. The van der Waals surface area contributed by atoms with E-state index in [1.165, 1.54) is 13.8 Å². The lowest BCUT2D eigenvalue weighted by atomic mass is 10.5. The highest BCUT2D eigenvalue weighted by molar-refractivity contribution is 7.72. The third-order valence-electron chi connectivity index (χ3n) is 2.05. The fourth-order valence-electron chi connectivity index (χ4n) is 0.822. The number of aliphatic hydroxyl groups is 3. The van der Waals surface area contributed by atoms with Gasteiger partial charge in [-0.15, -0.1) is 0 Å². The molecule has 0 aromatic heterocycles. The van der Waals surface area contributed by atoms with Crippen LogP contribution in [-0.4, -0.2) is 55.6 Å². The van der Waals surface area contributed by atoms with Gasteiger partial charge in [0.1, 0.15) is 0 Å². The molecule has 0 aliphatic carbocycles. The highest BCUT2D eigenvalue weighted by Crippen LogP contribution is 2.71. The molecule has 11 heteroatoms. The molecule has 4 unspecified atom stereocenters. The van der Waals surface area contributed by atoms with Gasteiger partial charge in [0.25, 0.3) is 5.08 Å². The Labute approximate surface area is 110 Å². The molecule has 0 amide bonds. The van der Waals surface area contributed by atoms with E-state index in [1.54, 1.807) is 0 Å². The van der Waals surface area contributed by atoms with E-state index < -0.39 is 45.7 Å². The molecular formula is C8H20O9P2. The summed E-state index contributed by atoms with van der Waals surface area (Å²) in [4.78, 5) is 19.0. The van der Waals surface area contributed by atoms with Crippen LogP contribution in [0.25, 0.3) is 0 Å². The van der Waals surface area contributed by atoms with E-state index in [2.05, 4.69) is 9.05 Å². The smallest absolute Gasteiger partial charge is 0.371 e. The maximum Gasteiger partial charge on any atom is 0.371 e. The van der Waals surface area contributed by atoms with Gasteiger partial charge in [-0.3, -0.25) is 9.13 Å². The lowest BCUT2D eigenvalue weighted by Gasteiger charge is -2.31. The van der Waals surface area contributed by atoms with Gasteiger partial charge in [0.2, 0.25) is 0 Å². The average molecular weight is 322 g/mol. The van der Waals surface area contributed by atoms with E-state index in [4.69, 9.17) is 10.2 Å². The van der Waals surface area contributed by atoms with Gasteiger partial charge in [-0.05, 0) is 20.8 Å². The molecule has 0 fully saturated rings. The zero-order valence-electron chi connectivity index (χ0n) is 10.8. The zero-order chi connectivity index (χ0) is 15.5. The van der Waals surface area contributed by atoms with Gasteiger partial charge in [0.15, 0.2) is 0 Å². The van der Waals surface area contributed by atoms with Gasteiger partial charge in [0.05, 0.1) is 25.4 Å². The van der Waals surface area contributed by atoms with Crippen molar-refractivity contribution in [2.24, 2.45) is 0 Å². The van der Waals surface area contributed by atoms with Crippen LogP contribution in [-0.2, 0) is 18.2 Å². The van der Waals surface area contributed by atoms with Gasteiger partial charge in [0, 0.05) is 0 Å². The Hall–Kier alpha value is 0.180. The van der Waals surface area contributed by atoms with E-state index in [1.807, 2.05) is 0 Å². The van der Waals surface area contributed by atoms with Gasteiger partial charge in [-0.1, -0.05) is 0 Å². The van der Waals surface area contributed by atoms with Gasteiger partial charge in [-0.2, -0.15) is 0 Å². The normalized spacial score (nSPS) is 24.8. The van der Waals surface area contributed by atoms with Crippen LogP contribution in [0.4, 0.5) is 0 Å². The molecule has 0 bridgehead atoms. The Balaban J connectivity index is 5.00. The Morgan fingerprint density at radius 3 is 1.47 bits per heavy atom. The summed E-state index contributed by atoms with van der Waals surface area (Å²) in [5.74, 6) is 0. The minimum Gasteiger partial charge on any atom is -0.391 e. The van der Waals surface area contributed by atoms with E-state index in [0.717, 1.165) is 0 Å². The largest absolute Gasteiger partial charge is 0.391 e. The van der Waals surface area contributed by atoms with Crippen LogP contribution in [0, 0.1) is 0 Å². The molecule has 0 aliphatic rings. The summed E-state index contributed by atoms with van der Waals surface area (Å²) in [6.45, 7) is 1.91. The van der Waals surface area contributed by atoms with E-state index in [-0.39, 0.29) is 0 Å². The lowest BCUT2D eigenvalue weighted by Crippen LogP contribution is -2.29. The van der Waals surface area contributed by atoms with Gasteiger partial charge < -0.3 is 34.2 Å². The average Bonchev–Trinajstić information content (AvgIpc) is 2.23. The summed E-state index contributed by atoms with van der Waals surface area (Å²) in [5, 5.41) is 24.5. The molecule has 0 heterocycles. The molecule has 19 heavy (non-hydrogen) atoms. The van der Waals surface area contributed by atoms with Gasteiger partial charge in [-0.25, -0.2) is 0 Å². The van der Waals surface area contributed by atoms with Crippen molar-refractivity contribution >= 4 is 15.2 Å². The zero-order valence-corrected chi connectivity index (χ0v) is 12.6. The molecule has 5 N–H and O–H groups in total. The molecule has 116 valence electrons. The molecular weight excluding hydrogens is 302 g/mol. The first-order chi connectivity index (χ1) is 8.33. The van der Waals surface area contributed by atoms with Crippen molar-refractivity contribution in [1.82, 2.24) is 0 Å². The van der Waals surface area contributed by atoms with Crippen LogP contribution in [0.5, 0.6) is 0 Å². The highest BCUT2D eigenvalue weighted by atomic mass is 31.2. The lowest BCUT2D eigenvalue weighted by molar-refractivity contribution is 0.0700. The number of aliphatic hydroxyl groups excluding tert-OH is 2. The van der Waals surface area contributed by atoms with Crippen molar-refractivity contribution in [3.8, 4) is 0 Å². The van der Waals surface area contributed by atoms with Crippen molar-refractivity contribution in [2.45, 2.75) is 38.1 Å². The van der Waals surface area contributed by atoms with Crippen LogP contribution in [0.15, 0.2) is 0 Å². The summed E-state index contributed by atoms with van der Waals surface area (Å²) in [7, 11) is -9.91. The molecule has 0 rings (SSSR count). The molecule has 0 aromatic rings. The monoisotopic (exact) mass is 322 g/mol. The summed E-state index contributed by atoms with van der Waals surface area (Å²) >= 11 is 0. The molecule has 0 aliphatic heterocycles. The second kappa shape index (κ2) is 6.76. The predicted octanol–water partition coefficient (Wildman–Crippen LogP) is -0.182. The number of hydrogen-bond acceptors (Lipinski definition) is 7. The Morgan fingerprint density at radius 1 is 1.00 bits per heavy atom. The second-order valence-electron chi connectivity index (χ2n) is 4.30. The first kappa shape index (κ1) is 19.2. The van der Waals surface area contributed by atoms with Crippen molar-refractivity contribution in [3.05, 3.63) is 0 Å². The van der Waals surface area contributed by atoms with Gasteiger partial charge >= 0.3 is 15.2 Å². The fourth-order valence-corrected chi connectivity index (χ4v) is 3.77. The van der Waals surface area contributed by atoms with Crippen molar-refractivity contribution in [2.75, 3.05) is 13.2 Å². The molecule has 9 nitrogen and oxygen atoms in total. The molecule has 0 spiro atoms. The van der Waals surface area contributed by atoms with E-state index >= 15 is 0 Å². The topological polar surface area (TPSA) is 154 Å². The van der Waals surface area contributed by atoms with Crippen LogP contribution in [0.2, 0.25) is 0 Å². The number of rotatable bonds is 8. The molecule has 4 atom stereocenters. The van der Waals surface area contributed by atoms with Crippen LogP contribution < -0.4 is 0 Å². The third kappa shape index (κ3) is 5.23. The standard InChI is InChI=1S/C8H20O9P2/c1-6(9)4-16-18(12,13)8(3,11)19(14,15)17-5-7(2)10/h6-7,9-11H,4-5H2,1-3H3,(H,12,13)(H,14,15). The molecule has 0 saturated carbocycles. The molecule has 0 aromatic carbocycles. The maximum atomic E-state index is 11.7. The van der Waals surface area contributed by atoms with Crippen molar-refractivity contribution < 1.29 is 43.3 Å². The van der Waals surface area contributed by atoms with E-state index in [0.29, 0.717) is 6.92 Å². The Morgan fingerprint density at radius 2 is 1.26 bits per heavy atom. The predicted molar refractivity (Wildman–Crippen MR) is 65.5 cm³/mol. The quantitative estimate of drug-likeness (QED) is 0.383. The van der Waals surface area contributed by atoms with Crippen LogP contribution in [0.3, 0.4) is 0 Å². The summed E-state index contributed by atoms with van der Waals surface area (Å²) < 4.78 is 32.2. The first-order valence-electron chi connectivity index (χ1n) is 5.37. The van der Waals surface area contributed by atoms with Crippen LogP contribution in [0.1, 0.15) is 20.8 Å². The summed E-state index contributed by atoms with van der Waals surface area (Å²) in [5.41, 5.74) is 0. The molecule has 0 radical (unpaired) electrons. The molecule has 0 saturated heterocycles. The minimum absolute atomic E-state index is 0.610. The van der Waals surface area contributed by atoms with Crippen molar-refractivity contribution in [1.29, 1.82) is 0 Å². The first-order valence-corrected chi connectivity index (χ1v) is 8.52. The van der Waals surface area contributed by atoms with Crippen LogP contribution >= 0.6 is 15.2 Å². The summed E-state index contributed by atoms with van der Waals surface area (Å²) in [6.07, 6.45) is -2.21. The second-order valence-corrected chi connectivity index (χ2v) is 8.99. The Kier molecular flexibility index (Phi) is 6.82. The third-order valence-corrected chi connectivity index (χ3v) is 6.71. The SMILES string of the molecule is CC(O)COP(=O)(O)C(C)(O)P(=O)(O)OCC(C)O. The van der Waals surface area contributed by atoms with E-state index in [9.17, 15) is 24.0 Å². The maximum absolute atomic E-state index is 11.7. The highest BCUT2D eigenvalue weighted by Gasteiger charge is 2.58. The van der Waals surface area contributed by atoms with Crippen molar-refractivity contribution in [3.63, 3.8) is 0 Å². The fraction of sp³-hybridized carbons (Fsp3) is 1.00. The minimum atomic E-state index is -4.95. The summed E-state index contributed by atoms with van der Waals surface area (Å²) in [6, 6.07) is 0. The Bertz CT molecular complexity index is 344.